The van der Waals surface area contributed by atoms with Gasteiger partial charge in [0.2, 0.25) is 0 Å². The monoisotopic (exact) mass is 229 g/mol. The van der Waals surface area contributed by atoms with Crippen molar-refractivity contribution in [2.45, 2.75) is 45.1 Å². The number of likely N-dealkylation sites (tertiary alicyclic amines) is 1. The van der Waals surface area contributed by atoms with E-state index in [9.17, 15) is 9.90 Å². The van der Waals surface area contributed by atoms with Crippen LogP contribution in [0.2, 0.25) is 0 Å². The Morgan fingerprint density at radius 1 is 1.44 bits per heavy atom. The van der Waals surface area contributed by atoms with E-state index in [0.29, 0.717) is 13.1 Å². The van der Waals surface area contributed by atoms with Crippen LogP contribution in [-0.2, 0) is 4.79 Å². The highest BCUT2D eigenvalue weighted by Gasteiger charge is 2.31. The molecule has 0 spiro atoms. The molecule has 94 valence electrons. The number of piperidine rings is 1. The normalized spacial score (nSPS) is 23.3. The summed E-state index contributed by atoms with van der Waals surface area (Å²) in [7, 11) is 0. The average molecular weight is 229 g/mol. The third-order valence-electron chi connectivity index (χ3n) is 3.69. The van der Waals surface area contributed by atoms with E-state index in [0.717, 1.165) is 32.2 Å². The fourth-order valence-electron chi connectivity index (χ4n) is 2.29. The van der Waals surface area contributed by atoms with Crippen LogP contribution >= 0.6 is 0 Å². The number of aliphatic hydroxyl groups is 1. The third-order valence-corrected chi connectivity index (χ3v) is 3.69. The van der Waals surface area contributed by atoms with Crippen LogP contribution in [-0.4, -0.2) is 46.3 Å². The largest absolute Gasteiger partial charge is 0.481 e. The van der Waals surface area contributed by atoms with Gasteiger partial charge in [-0.25, -0.2) is 0 Å². The summed E-state index contributed by atoms with van der Waals surface area (Å²) in [6.07, 6.45) is 3.12. The second-order valence-electron chi connectivity index (χ2n) is 4.84. The smallest absolute Gasteiger partial charge is 0.307 e. The van der Waals surface area contributed by atoms with Crippen molar-refractivity contribution in [1.29, 1.82) is 0 Å². The maximum Gasteiger partial charge on any atom is 0.307 e. The maximum absolute atomic E-state index is 10.9. The van der Waals surface area contributed by atoms with Gasteiger partial charge in [-0.2, -0.15) is 0 Å². The highest BCUT2D eigenvalue weighted by molar-refractivity contribution is 5.70. The molecule has 1 fully saturated rings. The Kier molecular flexibility index (Phi) is 4.74. The SMILES string of the molecule is CCC(O)(CC)CN1CCCC(C(=O)O)C1. The zero-order valence-electron chi connectivity index (χ0n) is 10.3. The van der Waals surface area contributed by atoms with E-state index < -0.39 is 11.6 Å². The van der Waals surface area contributed by atoms with E-state index in [4.69, 9.17) is 5.11 Å². The maximum atomic E-state index is 10.9. The molecule has 0 radical (unpaired) electrons. The molecule has 0 aromatic rings. The number of β-amino-alcohol motifs (C(OH)–C–C–N with tert-alkyl or cyclic N) is 1. The van der Waals surface area contributed by atoms with E-state index >= 15 is 0 Å². The quantitative estimate of drug-likeness (QED) is 0.746. The molecule has 1 rings (SSSR count). The lowest BCUT2D eigenvalue weighted by atomic mass is 9.93. The molecule has 0 bridgehead atoms. The summed E-state index contributed by atoms with van der Waals surface area (Å²) in [6, 6.07) is 0. The van der Waals surface area contributed by atoms with Crippen molar-refractivity contribution in [2.75, 3.05) is 19.6 Å². The molecule has 1 heterocycles. The Morgan fingerprint density at radius 3 is 2.56 bits per heavy atom. The van der Waals surface area contributed by atoms with Crippen LogP contribution in [0.25, 0.3) is 0 Å². The summed E-state index contributed by atoms with van der Waals surface area (Å²) >= 11 is 0. The molecule has 16 heavy (non-hydrogen) atoms. The minimum atomic E-state index is -0.707. The number of carboxylic acid groups (broad SMARTS) is 1. The number of hydrogen-bond acceptors (Lipinski definition) is 3. The van der Waals surface area contributed by atoms with Gasteiger partial charge in [0, 0.05) is 13.1 Å². The Bertz CT molecular complexity index is 238. The summed E-state index contributed by atoms with van der Waals surface area (Å²) < 4.78 is 0. The molecule has 0 amide bonds. The molecule has 1 aliphatic rings. The highest BCUT2D eigenvalue weighted by Crippen LogP contribution is 2.22. The number of carboxylic acids is 1. The molecule has 1 aliphatic heterocycles. The van der Waals surface area contributed by atoms with Gasteiger partial charge in [0.15, 0.2) is 0 Å². The Labute approximate surface area is 97.3 Å². The zero-order valence-corrected chi connectivity index (χ0v) is 10.3. The third kappa shape index (κ3) is 3.46. The van der Waals surface area contributed by atoms with Gasteiger partial charge in [-0.1, -0.05) is 13.8 Å². The lowest BCUT2D eigenvalue weighted by Gasteiger charge is -2.37. The van der Waals surface area contributed by atoms with E-state index in [1.807, 2.05) is 13.8 Å². The molecular formula is C12H23NO3. The summed E-state index contributed by atoms with van der Waals surface area (Å²) in [5, 5.41) is 19.2. The fourth-order valence-corrected chi connectivity index (χ4v) is 2.29. The van der Waals surface area contributed by atoms with E-state index in [1.54, 1.807) is 0 Å². The molecule has 4 heteroatoms. The molecule has 0 aromatic heterocycles. The summed E-state index contributed by atoms with van der Waals surface area (Å²) in [6.45, 7) is 6.04. The lowest BCUT2D eigenvalue weighted by molar-refractivity contribution is -0.144. The van der Waals surface area contributed by atoms with Crippen LogP contribution in [0.15, 0.2) is 0 Å². The van der Waals surface area contributed by atoms with Crippen molar-refractivity contribution in [3.63, 3.8) is 0 Å². The Balaban J connectivity index is 2.51. The number of aliphatic carboxylic acids is 1. The van der Waals surface area contributed by atoms with Crippen LogP contribution in [0, 0.1) is 5.92 Å². The van der Waals surface area contributed by atoms with Gasteiger partial charge in [-0.3, -0.25) is 9.69 Å². The predicted molar refractivity (Wildman–Crippen MR) is 62.3 cm³/mol. The Hall–Kier alpha value is -0.610. The summed E-state index contributed by atoms with van der Waals surface area (Å²) in [5.74, 6) is -0.965. The van der Waals surface area contributed by atoms with Crippen molar-refractivity contribution >= 4 is 5.97 Å². The minimum absolute atomic E-state index is 0.258. The van der Waals surface area contributed by atoms with Crippen molar-refractivity contribution in [3.8, 4) is 0 Å². The summed E-state index contributed by atoms with van der Waals surface area (Å²) in [4.78, 5) is 13.0. The van der Waals surface area contributed by atoms with Crippen LogP contribution < -0.4 is 0 Å². The predicted octanol–water partition coefficient (Wildman–Crippen LogP) is 1.33. The zero-order chi connectivity index (χ0) is 12.2. The minimum Gasteiger partial charge on any atom is -0.481 e. The first-order valence-electron chi connectivity index (χ1n) is 6.18. The first-order chi connectivity index (χ1) is 7.50. The molecule has 0 saturated carbocycles. The highest BCUT2D eigenvalue weighted by atomic mass is 16.4. The van der Waals surface area contributed by atoms with Crippen molar-refractivity contribution in [1.82, 2.24) is 4.90 Å². The van der Waals surface area contributed by atoms with Crippen LogP contribution in [0.4, 0.5) is 0 Å². The number of hydrogen-bond donors (Lipinski definition) is 2. The van der Waals surface area contributed by atoms with Gasteiger partial charge in [0.05, 0.1) is 11.5 Å². The molecule has 1 saturated heterocycles. The molecule has 1 unspecified atom stereocenters. The first-order valence-corrected chi connectivity index (χ1v) is 6.18. The second kappa shape index (κ2) is 5.64. The number of rotatable bonds is 5. The van der Waals surface area contributed by atoms with Crippen molar-refractivity contribution in [3.05, 3.63) is 0 Å². The number of carbonyl (C=O) groups is 1. The van der Waals surface area contributed by atoms with Gasteiger partial charge >= 0.3 is 5.97 Å². The fraction of sp³-hybridized carbons (Fsp3) is 0.917. The van der Waals surface area contributed by atoms with Crippen molar-refractivity contribution in [2.24, 2.45) is 5.92 Å². The Morgan fingerprint density at radius 2 is 2.06 bits per heavy atom. The molecule has 0 aromatic carbocycles. The average Bonchev–Trinajstić information content (AvgIpc) is 2.29. The van der Waals surface area contributed by atoms with Gasteiger partial charge in [-0.05, 0) is 32.2 Å². The van der Waals surface area contributed by atoms with Crippen LogP contribution in [0.1, 0.15) is 39.5 Å². The van der Waals surface area contributed by atoms with E-state index in [1.165, 1.54) is 0 Å². The van der Waals surface area contributed by atoms with E-state index in [-0.39, 0.29) is 5.92 Å². The lowest BCUT2D eigenvalue weighted by Crippen LogP contribution is -2.47. The first kappa shape index (κ1) is 13.5. The molecule has 0 aliphatic carbocycles. The second-order valence-corrected chi connectivity index (χ2v) is 4.84. The van der Waals surface area contributed by atoms with Gasteiger partial charge in [0.25, 0.3) is 0 Å². The van der Waals surface area contributed by atoms with Gasteiger partial charge in [0.1, 0.15) is 0 Å². The molecule has 1 atom stereocenters. The van der Waals surface area contributed by atoms with E-state index in [2.05, 4.69) is 4.90 Å². The molecule has 4 nitrogen and oxygen atoms in total. The number of nitrogens with zero attached hydrogens (tertiary/aromatic N) is 1. The van der Waals surface area contributed by atoms with Gasteiger partial charge in [-0.15, -0.1) is 0 Å². The topological polar surface area (TPSA) is 60.8 Å². The molecular weight excluding hydrogens is 206 g/mol. The standard InChI is InChI=1S/C12H23NO3/c1-3-12(16,4-2)9-13-7-5-6-10(8-13)11(14)15/h10,16H,3-9H2,1-2H3,(H,14,15). The van der Waals surface area contributed by atoms with Crippen molar-refractivity contribution < 1.29 is 15.0 Å². The summed E-state index contributed by atoms with van der Waals surface area (Å²) in [5.41, 5.74) is -0.652. The van der Waals surface area contributed by atoms with Crippen LogP contribution in [0.5, 0.6) is 0 Å². The van der Waals surface area contributed by atoms with Gasteiger partial charge < -0.3 is 10.2 Å². The molecule has 2 N–H and O–H groups in total. The van der Waals surface area contributed by atoms with Crippen LogP contribution in [0.3, 0.4) is 0 Å².